The highest BCUT2D eigenvalue weighted by molar-refractivity contribution is 5.89. The van der Waals surface area contributed by atoms with E-state index in [0.29, 0.717) is 5.56 Å². The molecule has 0 amide bonds. The zero-order valence-corrected chi connectivity index (χ0v) is 7.18. The van der Waals surface area contributed by atoms with Crippen molar-refractivity contribution in [3.05, 3.63) is 47.4 Å². The number of carbonyl (C=O) groups is 1. The molecule has 72 valence electrons. The van der Waals surface area contributed by atoms with E-state index in [1.807, 2.05) is 0 Å². The van der Waals surface area contributed by atoms with Gasteiger partial charge in [0.05, 0.1) is 0 Å². The maximum Gasteiger partial charge on any atom is 0.378 e. The monoisotopic (exact) mass is 192 g/mol. The van der Waals surface area contributed by atoms with Crippen molar-refractivity contribution in [2.24, 2.45) is 0 Å². The van der Waals surface area contributed by atoms with Gasteiger partial charge in [-0.3, -0.25) is 0 Å². The number of esters is 1. The number of benzene rings is 1. The number of aliphatic hydroxyl groups excluding tert-OH is 2. The molecule has 0 radical (unpaired) electrons. The molecule has 1 atom stereocenters. The summed E-state index contributed by atoms with van der Waals surface area (Å²) in [6.07, 6.45) is -0.872. The van der Waals surface area contributed by atoms with Crippen molar-refractivity contribution in [2.75, 3.05) is 0 Å². The molecule has 1 aromatic rings. The lowest BCUT2D eigenvalue weighted by Crippen LogP contribution is -2.02. The van der Waals surface area contributed by atoms with Crippen LogP contribution < -0.4 is 0 Å². The molecular weight excluding hydrogens is 184 g/mol. The van der Waals surface area contributed by atoms with Crippen LogP contribution in [0.1, 0.15) is 11.7 Å². The molecule has 0 aromatic heterocycles. The van der Waals surface area contributed by atoms with E-state index in [1.165, 1.54) is 0 Å². The van der Waals surface area contributed by atoms with Gasteiger partial charge in [-0.2, -0.15) is 0 Å². The predicted molar refractivity (Wildman–Crippen MR) is 47.6 cm³/mol. The fourth-order valence-electron chi connectivity index (χ4n) is 1.30. The highest BCUT2D eigenvalue weighted by Gasteiger charge is 2.35. The molecule has 14 heavy (non-hydrogen) atoms. The lowest BCUT2D eigenvalue weighted by atomic mass is 10.1. The quantitative estimate of drug-likeness (QED) is 0.663. The first-order chi connectivity index (χ1) is 6.70. The third-order valence-corrected chi connectivity index (χ3v) is 2.01. The fraction of sp³-hybridized carbons (Fsp3) is 0.100. The lowest BCUT2D eigenvalue weighted by molar-refractivity contribution is -0.142. The van der Waals surface area contributed by atoms with Crippen LogP contribution in [-0.4, -0.2) is 16.2 Å². The molecule has 2 N–H and O–H groups in total. The van der Waals surface area contributed by atoms with Crippen LogP contribution in [0.3, 0.4) is 0 Å². The molecular formula is C10H8O4. The Morgan fingerprint density at radius 3 is 2.29 bits per heavy atom. The predicted octanol–water partition coefficient (Wildman–Crippen LogP) is 1.61. The van der Waals surface area contributed by atoms with Crippen molar-refractivity contribution in [1.29, 1.82) is 0 Å². The Hall–Kier alpha value is -1.97. The van der Waals surface area contributed by atoms with E-state index in [-0.39, 0.29) is 0 Å². The maximum absolute atomic E-state index is 10.9. The van der Waals surface area contributed by atoms with Crippen molar-refractivity contribution >= 4 is 5.97 Å². The summed E-state index contributed by atoms with van der Waals surface area (Å²) in [4.78, 5) is 10.9. The van der Waals surface area contributed by atoms with Crippen LogP contribution in [0.25, 0.3) is 0 Å². The molecule has 0 unspecified atom stereocenters. The Bertz CT molecular complexity index is 394. The molecule has 1 aliphatic heterocycles. The number of hydrogen-bond acceptors (Lipinski definition) is 4. The Morgan fingerprint density at radius 1 is 1.14 bits per heavy atom. The Balaban J connectivity index is 2.36. The average Bonchev–Trinajstić information content (AvgIpc) is 2.47. The normalized spacial score (nSPS) is 21.1. The summed E-state index contributed by atoms with van der Waals surface area (Å²) in [6.45, 7) is 0. The van der Waals surface area contributed by atoms with Gasteiger partial charge in [-0.1, -0.05) is 30.3 Å². The number of carbonyl (C=O) groups excluding carboxylic acids is 1. The van der Waals surface area contributed by atoms with Crippen LogP contribution in [0.5, 0.6) is 0 Å². The van der Waals surface area contributed by atoms with E-state index >= 15 is 0 Å². The SMILES string of the molecule is O=C1O[C@@H](c2ccccc2)C(O)=C1O. The van der Waals surface area contributed by atoms with Gasteiger partial charge in [-0.25, -0.2) is 4.79 Å². The summed E-state index contributed by atoms with van der Waals surface area (Å²) in [5.41, 5.74) is 0.627. The van der Waals surface area contributed by atoms with Crippen LogP contribution in [0.4, 0.5) is 0 Å². The van der Waals surface area contributed by atoms with E-state index < -0.39 is 23.6 Å². The number of aliphatic hydroxyl groups is 2. The van der Waals surface area contributed by atoms with Crippen molar-refractivity contribution < 1.29 is 19.7 Å². The van der Waals surface area contributed by atoms with Crippen LogP contribution in [0, 0.1) is 0 Å². The van der Waals surface area contributed by atoms with Crippen LogP contribution >= 0.6 is 0 Å². The largest absolute Gasteiger partial charge is 0.505 e. The summed E-state index contributed by atoms with van der Waals surface area (Å²) in [6, 6.07) is 8.72. The van der Waals surface area contributed by atoms with E-state index in [0.717, 1.165) is 0 Å². The minimum atomic E-state index is -0.892. The van der Waals surface area contributed by atoms with E-state index in [4.69, 9.17) is 9.84 Å². The fourth-order valence-corrected chi connectivity index (χ4v) is 1.30. The second-order valence-electron chi connectivity index (χ2n) is 2.93. The first kappa shape index (κ1) is 8.62. The van der Waals surface area contributed by atoms with Crippen molar-refractivity contribution in [2.45, 2.75) is 6.10 Å². The third-order valence-electron chi connectivity index (χ3n) is 2.01. The van der Waals surface area contributed by atoms with Gasteiger partial charge >= 0.3 is 5.97 Å². The molecule has 1 aromatic carbocycles. The summed E-state index contributed by atoms with van der Waals surface area (Å²) < 4.78 is 4.76. The van der Waals surface area contributed by atoms with E-state index in [9.17, 15) is 9.90 Å². The number of rotatable bonds is 1. The van der Waals surface area contributed by atoms with Crippen LogP contribution in [-0.2, 0) is 9.53 Å². The molecule has 0 aliphatic carbocycles. The third kappa shape index (κ3) is 1.21. The molecule has 0 fully saturated rings. The number of hydrogen-bond donors (Lipinski definition) is 2. The van der Waals surface area contributed by atoms with Gasteiger partial charge in [0.2, 0.25) is 5.76 Å². The Morgan fingerprint density at radius 2 is 1.79 bits per heavy atom. The second-order valence-corrected chi connectivity index (χ2v) is 2.93. The van der Waals surface area contributed by atoms with Crippen LogP contribution in [0.15, 0.2) is 41.9 Å². The van der Waals surface area contributed by atoms with Gasteiger partial charge in [0.1, 0.15) is 0 Å². The molecule has 0 saturated carbocycles. The molecule has 0 saturated heterocycles. The zero-order chi connectivity index (χ0) is 10.1. The highest BCUT2D eigenvalue weighted by Crippen LogP contribution is 2.31. The summed E-state index contributed by atoms with van der Waals surface area (Å²) >= 11 is 0. The van der Waals surface area contributed by atoms with Crippen molar-refractivity contribution in [1.82, 2.24) is 0 Å². The van der Waals surface area contributed by atoms with Gasteiger partial charge < -0.3 is 14.9 Å². The van der Waals surface area contributed by atoms with Gasteiger partial charge in [-0.05, 0) is 0 Å². The van der Waals surface area contributed by atoms with Gasteiger partial charge in [-0.15, -0.1) is 0 Å². The smallest absolute Gasteiger partial charge is 0.378 e. The van der Waals surface area contributed by atoms with Crippen molar-refractivity contribution in [3.8, 4) is 0 Å². The molecule has 1 aliphatic rings. The maximum atomic E-state index is 10.9. The molecule has 0 bridgehead atoms. The van der Waals surface area contributed by atoms with E-state index in [2.05, 4.69) is 0 Å². The Kier molecular flexibility index (Phi) is 1.89. The highest BCUT2D eigenvalue weighted by atomic mass is 16.6. The first-order valence-electron chi connectivity index (χ1n) is 4.08. The Labute approximate surface area is 80.1 Å². The molecule has 4 nitrogen and oxygen atoms in total. The number of cyclic esters (lactones) is 1. The average molecular weight is 192 g/mol. The molecule has 4 heteroatoms. The lowest BCUT2D eigenvalue weighted by Gasteiger charge is -2.08. The summed E-state index contributed by atoms with van der Waals surface area (Å²) in [5, 5.41) is 18.4. The standard InChI is InChI=1S/C10H8O4/c11-7-8(12)10(13)14-9(7)6-4-2-1-3-5-6/h1-5,9,11-12H/t9-/m0/s1. The second kappa shape index (κ2) is 3.06. The molecule has 0 spiro atoms. The molecule has 1 heterocycles. The van der Waals surface area contributed by atoms with Crippen LogP contribution in [0.2, 0.25) is 0 Å². The van der Waals surface area contributed by atoms with Crippen molar-refractivity contribution in [3.63, 3.8) is 0 Å². The van der Waals surface area contributed by atoms with Gasteiger partial charge in [0.25, 0.3) is 0 Å². The molecule has 2 rings (SSSR count). The van der Waals surface area contributed by atoms with Gasteiger partial charge in [0, 0.05) is 5.56 Å². The van der Waals surface area contributed by atoms with E-state index in [1.54, 1.807) is 30.3 Å². The minimum absolute atomic E-state index is 0.429. The minimum Gasteiger partial charge on any atom is -0.505 e. The number of ether oxygens (including phenoxy) is 1. The van der Waals surface area contributed by atoms with Gasteiger partial charge in [0.15, 0.2) is 11.9 Å². The first-order valence-corrected chi connectivity index (χ1v) is 4.08. The topological polar surface area (TPSA) is 66.8 Å². The summed E-state index contributed by atoms with van der Waals surface area (Å²) in [7, 11) is 0. The summed E-state index contributed by atoms with van der Waals surface area (Å²) in [5.74, 6) is -2.03. The zero-order valence-electron chi connectivity index (χ0n) is 7.18.